The molecule has 0 aliphatic heterocycles. The second kappa shape index (κ2) is 6.33. The number of aromatic nitrogens is 1. The van der Waals surface area contributed by atoms with Gasteiger partial charge in [-0.3, -0.25) is 10.1 Å². The highest BCUT2D eigenvalue weighted by atomic mass is 16.6. The highest BCUT2D eigenvalue weighted by Gasteiger charge is 2.17. The Hall–Kier alpha value is -2.15. The van der Waals surface area contributed by atoms with E-state index in [4.69, 9.17) is 9.52 Å². The van der Waals surface area contributed by atoms with Crippen LogP contribution in [-0.2, 0) is 0 Å². The second-order valence-electron chi connectivity index (χ2n) is 4.57. The summed E-state index contributed by atoms with van der Waals surface area (Å²) in [5.74, 6) is 0.310. The summed E-state index contributed by atoms with van der Waals surface area (Å²) < 4.78 is 5.44. The Labute approximate surface area is 115 Å². The van der Waals surface area contributed by atoms with Crippen LogP contribution in [0, 0.1) is 16.0 Å². The molecule has 2 aromatic rings. The van der Waals surface area contributed by atoms with Crippen LogP contribution in [0.1, 0.15) is 19.8 Å². The van der Waals surface area contributed by atoms with Crippen LogP contribution in [0.2, 0.25) is 0 Å². The first-order valence-electron chi connectivity index (χ1n) is 6.54. The van der Waals surface area contributed by atoms with E-state index >= 15 is 0 Å². The zero-order valence-corrected chi connectivity index (χ0v) is 11.2. The van der Waals surface area contributed by atoms with Gasteiger partial charge in [0, 0.05) is 19.2 Å². The number of nitro groups is 1. The number of non-ortho nitro benzene ring substituents is 1. The van der Waals surface area contributed by atoms with Gasteiger partial charge < -0.3 is 14.8 Å². The summed E-state index contributed by atoms with van der Waals surface area (Å²) in [7, 11) is 0. The van der Waals surface area contributed by atoms with Gasteiger partial charge in [0.2, 0.25) is 0 Å². The SMILES string of the molecule is CCC(CCO)CNc1nc2c([N+](=O)[O-])cccc2o1. The molecule has 1 heterocycles. The number of nitrogens with zero attached hydrogens (tertiary/aromatic N) is 2. The van der Waals surface area contributed by atoms with Gasteiger partial charge in [-0.15, -0.1) is 0 Å². The molecule has 0 saturated carbocycles. The largest absolute Gasteiger partial charge is 0.423 e. The van der Waals surface area contributed by atoms with E-state index in [0.717, 1.165) is 6.42 Å². The number of hydrogen-bond acceptors (Lipinski definition) is 6. The van der Waals surface area contributed by atoms with Crippen molar-refractivity contribution in [1.29, 1.82) is 0 Å². The number of para-hydroxylation sites is 1. The normalized spacial score (nSPS) is 12.5. The lowest BCUT2D eigenvalue weighted by molar-refractivity contribution is -0.383. The zero-order valence-electron chi connectivity index (χ0n) is 11.2. The van der Waals surface area contributed by atoms with Crippen molar-refractivity contribution in [3.05, 3.63) is 28.3 Å². The molecule has 0 amide bonds. The van der Waals surface area contributed by atoms with Crippen molar-refractivity contribution < 1.29 is 14.4 Å². The third-order valence-electron chi connectivity index (χ3n) is 3.25. The maximum absolute atomic E-state index is 10.9. The van der Waals surface area contributed by atoms with Crippen molar-refractivity contribution in [2.45, 2.75) is 19.8 Å². The minimum atomic E-state index is -0.477. The van der Waals surface area contributed by atoms with Crippen molar-refractivity contribution in [3.63, 3.8) is 0 Å². The van der Waals surface area contributed by atoms with E-state index in [9.17, 15) is 10.1 Å². The lowest BCUT2D eigenvalue weighted by atomic mass is 10.0. The summed E-state index contributed by atoms with van der Waals surface area (Å²) in [4.78, 5) is 14.5. The van der Waals surface area contributed by atoms with Gasteiger partial charge in [-0.05, 0) is 18.4 Å². The first-order valence-corrected chi connectivity index (χ1v) is 6.54. The van der Waals surface area contributed by atoms with Crippen molar-refractivity contribution in [1.82, 2.24) is 4.98 Å². The predicted molar refractivity (Wildman–Crippen MR) is 74.6 cm³/mol. The highest BCUT2D eigenvalue weighted by molar-refractivity contribution is 5.83. The molecule has 0 fully saturated rings. The lowest BCUT2D eigenvalue weighted by Crippen LogP contribution is -2.15. The maximum Gasteiger partial charge on any atom is 0.298 e. The number of benzene rings is 1. The zero-order chi connectivity index (χ0) is 14.5. The molecule has 0 aliphatic carbocycles. The topological polar surface area (TPSA) is 101 Å². The molecule has 2 N–H and O–H groups in total. The van der Waals surface area contributed by atoms with E-state index in [-0.39, 0.29) is 23.8 Å². The fourth-order valence-corrected chi connectivity index (χ4v) is 2.02. The minimum absolute atomic E-state index is 0.0679. The molecule has 108 valence electrons. The van der Waals surface area contributed by atoms with Crippen molar-refractivity contribution in [2.75, 3.05) is 18.5 Å². The Bertz CT molecular complexity index is 596. The minimum Gasteiger partial charge on any atom is -0.423 e. The van der Waals surface area contributed by atoms with Crippen LogP contribution >= 0.6 is 0 Å². The van der Waals surface area contributed by atoms with Crippen molar-refractivity contribution in [3.8, 4) is 0 Å². The van der Waals surface area contributed by atoms with Gasteiger partial charge in [0.15, 0.2) is 11.1 Å². The van der Waals surface area contributed by atoms with Gasteiger partial charge in [-0.1, -0.05) is 19.4 Å². The Morgan fingerprint density at radius 3 is 3.00 bits per heavy atom. The predicted octanol–water partition coefficient (Wildman–Crippen LogP) is 2.56. The smallest absolute Gasteiger partial charge is 0.298 e. The number of fused-ring (bicyclic) bond motifs is 1. The number of nitrogens with one attached hydrogen (secondary N) is 1. The monoisotopic (exact) mass is 279 g/mol. The van der Waals surface area contributed by atoms with Crippen LogP contribution in [-0.4, -0.2) is 28.2 Å². The quantitative estimate of drug-likeness (QED) is 0.596. The molecule has 1 aromatic carbocycles. The molecular weight excluding hydrogens is 262 g/mol. The first kappa shape index (κ1) is 14.3. The van der Waals surface area contributed by atoms with Gasteiger partial charge in [-0.2, -0.15) is 4.98 Å². The van der Waals surface area contributed by atoms with E-state index in [1.807, 2.05) is 6.92 Å². The van der Waals surface area contributed by atoms with Crippen LogP contribution in [0.5, 0.6) is 0 Å². The highest BCUT2D eigenvalue weighted by Crippen LogP contribution is 2.27. The second-order valence-corrected chi connectivity index (χ2v) is 4.57. The number of nitro benzene ring substituents is 1. The molecule has 0 bridgehead atoms. The Morgan fingerprint density at radius 1 is 1.55 bits per heavy atom. The fraction of sp³-hybridized carbons (Fsp3) is 0.462. The summed E-state index contributed by atoms with van der Waals surface area (Å²) in [5, 5.41) is 22.9. The molecule has 1 aromatic heterocycles. The molecule has 1 unspecified atom stereocenters. The number of hydrogen-bond donors (Lipinski definition) is 2. The molecule has 7 nitrogen and oxygen atoms in total. The first-order chi connectivity index (χ1) is 9.65. The molecule has 0 aliphatic rings. The van der Waals surface area contributed by atoms with Crippen LogP contribution in [0.25, 0.3) is 11.1 Å². The van der Waals surface area contributed by atoms with E-state index in [1.165, 1.54) is 6.07 Å². The third kappa shape index (κ3) is 3.05. The van der Waals surface area contributed by atoms with E-state index < -0.39 is 4.92 Å². The van der Waals surface area contributed by atoms with E-state index in [2.05, 4.69) is 10.3 Å². The number of anilines is 1. The van der Waals surface area contributed by atoms with Gasteiger partial charge in [0.25, 0.3) is 11.7 Å². The van der Waals surface area contributed by atoms with Gasteiger partial charge in [0.1, 0.15) is 0 Å². The molecular formula is C13H17N3O4. The number of oxazole rings is 1. The molecule has 0 radical (unpaired) electrons. The summed E-state index contributed by atoms with van der Waals surface area (Å²) >= 11 is 0. The Morgan fingerprint density at radius 2 is 2.35 bits per heavy atom. The molecule has 1 atom stereocenters. The standard InChI is InChI=1S/C13H17N3O4/c1-2-9(6-7-17)8-14-13-15-12-10(16(18)19)4-3-5-11(12)20-13/h3-5,9,17H,2,6-8H2,1H3,(H,14,15). The average Bonchev–Trinajstić information content (AvgIpc) is 2.85. The summed E-state index contributed by atoms with van der Waals surface area (Å²) in [6, 6.07) is 4.88. The maximum atomic E-state index is 10.9. The number of rotatable bonds is 7. The van der Waals surface area contributed by atoms with Crippen LogP contribution in [0.3, 0.4) is 0 Å². The summed E-state index contributed by atoms with van der Waals surface area (Å²) in [6.45, 7) is 2.79. The molecule has 2 rings (SSSR count). The van der Waals surface area contributed by atoms with Crippen LogP contribution in [0.4, 0.5) is 11.7 Å². The van der Waals surface area contributed by atoms with E-state index in [0.29, 0.717) is 24.5 Å². The molecule has 0 spiro atoms. The molecule has 20 heavy (non-hydrogen) atoms. The third-order valence-corrected chi connectivity index (χ3v) is 3.25. The average molecular weight is 279 g/mol. The summed E-state index contributed by atoms with van der Waals surface area (Å²) in [6.07, 6.45) is 1.62. The summed E-state index contributed by atoms with van der Waals surface area (Å²) in [5.41, 5.74) is 0.564. The van der Waals surface area contributed by atoms with E-state index in [1.54, 1.807) is 12.1 Å². The number of aliphatic hydroxyl groups is 1. The Balaban J connectivity index is 2.16. The van der Waals surface area contributed by atoms with Gasteiger partial charge >= 0.3 is 0 Å². The van der Waals surface area contributed by atoms with Crippen molar-refractivity contribution in [2.24, 2.45) is 5.92 Å². The fourth-order valence-electron chi connectivity index (χ4n) is 2.02. The van der Waals surface area contributed by atoms with Crippen LogP contribution < -0.4 is 5.32 Å². The molecule has 7 heteroatoms. The van der Waals surface area contributed by atoms with Gasteiger partial charge in [0.05, 0.1) is 4.92 Å². The number of aliphatic hydroxyl groups excluding tert-OH is 1. The van der Waals surface area contributed by atoms with Crippen molar-refractivity contribution >= 4 is 22.8 Å². The lowest BCUT2D eigenvalue weighted by Gasteiger charge is -2.12. The Kier molecular flexibility index (Phi) is 4.52. The molecule has 0 saturated heterocycles. The van der Waals surface area contributed by atoms with Crippen LogP contribution in [0.15, 0.2) is 22.6 Å². The van der Waals surface area contributed by atoms with Gasteiger partial charge in [-0.25, -0.2) is 0 Å².